The lowest BCUT2D eigenvalue weighted by molar-refractivity contribution is -0.129. The van der Waals surface area contributed by atoms with E-state index in [1.54, 1.807) is 25.9 Å². The first-order valence-corrected chi connectivity index (χ1v) is 10.4. The molecule has 10 nitrogen and oxygen atoms in total. The maximum absolute atomic E-state index is 13.1. The van der Waals surface area contributed by atoms with Gasteiger partial charge in [0.15, 0.2) is 5.69 Å². The Bertz CT molecular complexity index is 928. The Morgan fingerprint density at radius 2 is 1.87 bits per heavy atom. The van der Waals surface area contributed by atoms with Gasteiger partial charge in [0, 0.05) is 59.1 Å². The molecule has 0 saturated carbocycles. The van der Waals surface area contributed by atoms with Gasteiger partial charge in [0.25, 0.3) is 5.91 Å². The van der Waals surface area contributed by atoms with Gasteiger partial charge in [-0.2, -0.15) is 0 Å². The molecule has 10 heteroatoms. The molecule has 0 radical (unpaired) electrons. The van der Waals surface area contributed by atoms with Crippen molar-refractivity contribution >= 4 is 11.8 Å². The molecule has 2 amide bonds. The van der Waals surface area contributed by atoms with Crippen LogP contribution in [-0.4, -0.2) is 74.8 Å². The van der Waals surface area contributed by atoms with Crippen LogP contribution in [0.1, 0.15) is 59.1 Å². The van der Waals surface area contributed by atoms with E-state index in [0.717, 1.165) is 37.6 Å². The van der Waals surface area contributed by atoms with Gasteiger partial charge >= 0.3 is 0 Å². The van der Waals surface area contributed by atoms with Crippen LogP contribution in [0.15, 0.2) is 4.52 Å². The number of fused-ring (bicyclic) bond motifs is 1. The van der Waals surface area contributed by atoms with Crippen LogP contribution < -0.4 is 0 Å². The van der Waals surface area contributed by atoms with Crippen molar-refractivity contribution in [3.05, 3.63) is 28.7 Å². The van der Waals surface area contributed by atoms with E-state index in [4.69, 9.17) is 9.26 Å². The average molecular weight is 416 g/mol. The molecule has 0 aromatic carbocycles. The average Bonchev–Trinajstić information content (AvgIpc) is 3.24. The zero-order valence-corrected chi connectivity index (χ0v) is 17.8. The number of aryl methyl sites for hydroxylation is 1. The number of piperidine rings is 1. The van der Waals surface area contributed by atoms with Crippen LogP contribution in [-0.2, 0) is 29.1 Å². The molecule has 4 rings (SSSR count). The zero-order valence-electron chi connectivity index (χ0n) is 17.8. The molecule has 0 N–H and O–H groups in total. The summed E-state index contributed by atoms with van der Waals surface area (Å²) in [5, 5.41) is 12.8. The molecule has 162 valence electrons. The third-order valence-corrected chi connectivity index (χ3v) is 6.12. The van der Waals surface area contributed by atoms with Gasteiger partial charge in [-0.3, -0.25) is 9.59 Å². The highest BCUT2D eigenvalue weighted by molar-refractivity contribution is 5.93. The number of ether oxygens (including phenoxy) is 1. The summed E-state index contributed by atoms with van der Waals surface area (Å²) in [6, 6.07) is 0. The van der Waals surface area contributed by atoms with E-state index >= 15 is 0 Å². The maximum atomic E-state index is 13.1. The number of carbonyl (C=O) groups excluding carboxylic acids is 2. The lowest BCUT2D eigenvalue weighted by Crippen LogP contribution is -2.37. The van der Waals surface area contributed by atoms with Crippen molar-refractivity contribution in [2.24, 2.45) is 0 Å². The van der Waals surface area contributed by atoms with Crippen LogP contribution in [0.2, 0.25) is 0 Å². The van der Waals surface area contributed by atoms with E-state index < -0.39 is 0 Å². The third-order valence-electron chi connectivity index (χ3n) is 6.12. The summed E-state index contributed by atoms with van der Waals surface area (Å²) < 4.78 is 12.6. The molecule has 30 heavy (non-hydrogen) atoms. The van der Waals surface area contributed by atoms with Gasteiger partial charge in [-0.25, -0.2) is 0 Å². The number of likely N-dealkylation sites (tertiary alicyclic amines) is 1. The van der Waals surface area contributed by atoms with Gasteiger partial charge in [-0.1, -0.05) is 5.16 Å². The first kappa shape index (κ1) is 20.5. The van der Waals surface area contributed by atoms with E-state index in [9.17, 15) is 9.59 Å². The summed E-state index contributed by atoms with van der Waals surface area (Å²) in [4.78, 5) is 28.4. The minimum absolute atomic E-state index is 0.124. The highest BCUT2D eigenvalue weighted by Crippen LogP contribution is 2.28. The first-order chi connectivity index (χ1) is 14.5. The molecular formula is C20H28N6O4. The van der Waals surface area contributed by atoms with E-state index in [0.29, 0.717) is 49.7 Å². The Morgan fingerprint density at radius 3 is 2.57 bits per heavy atom. The summed E-state index contributed by atoms with van der Waals surface area (Å²) in [6.07, 6.45) is 2.42. The predicted octanol–water partition coefficient (Wildman–Crippen LogP) is 1.15. The molecule has 0 spiro atoms. The van der Waals surface area contributed by atoms with Gasteiger partial charge in [0.1, 0.15) is 17.4 Å². The summed E-state index contributed by atoms with van der Waals surface area (Å²) >= 11 is 0. The molecule has 0 bridgehead atoms. The second kappa shape index (κ2) is 8.55. The normalized spacial score (nSPS) is 17.7. The van der Waals surface area contributed by atoms with Crippen LogP contribution in [0.5, 0.6) is 0 Å². The second-order valence-corrected chi connectivity index (χ2v) is 7.95. The fourth-order valence-corrected chi connectivity index (χ4v) is 4.33. The molecular weight excluding hydrogens is 388 g/mol. The Labute approximate surface area is 175 Å². The molecule has 1 fully saturated rings. The fourth-order valence-electron chi connectivity index (χ4n) is 4.33. The van der Waals surface area contributed by atoms with Crippen LogP contribution in [0, 0.1) is 6.92 Å². The van der Waals surface area contributed by atoms with Crippen molar-refractivity contribution in [2.75, 3.05) is 33.3 Å². The smallest absolute Gasteiger partial charge is 0.276 e. The summed E-state index contributed by atoms with van der Waals surface area (Å²) in [7, 11) is 1.58. The molecule has 0 atom stereocenters. The highest BCUT2D eigenvalue weighted by atomic mass is 16.5. The van der Waals surface area contributed by atoms with Gasteiger partial charge in [0.2, 0.25) is 5.91 Å². The van der Waals surface area contributed by atoms with Gasteiger partial charge in [-0.15, -0.1) is 10.2 Å². The summed E-state index contributed by atoms with van der Waals surface area (Å²) in [5.74, 6) is 2.75. The molecule has 4 heterocycles. The standard InChI is InChI=1S/C20H28N6O4/c1-13-16(12-29-3)18(23-30-13)20(28)25-9-6-17-21-22-19(26(17)11-10-25)15-4-7-24(8-5-15)14(2)27/h15H,4-12H2,1-3H3. The number of hydrogen-bond donors (Lipinski definition) is 0. The Morgan fingerprint density at radius 1 is 1.10 bits per heavy atom. The first-order valence-electron chi connectivity index (χ1n) is 10.4. The maximum Gasteiger partial charge on any atom is 0.276 e. The van der Waals surface area contributed by atoms with Crippen molar-refractivity contribution in [3.63, 3.8) is 0 Å². The van der Waals surface area contributed by atoms with E-state index in [2.05, 4.69) is 19.9 Å². The molecule has 2 aliphatic rings. The predicted molar refractivity (Wildman–Crippen MR) is 106 cm³/mol. The molecule has 0 unspecified atom stereocenters. The fraction of sp³-hybridized carbons (Fsp3) is 0.650. The number of methoxy groups -OCH3 is 1. The number of rotatable bonds is 4. The molecule has 2 aliphatic heterocycles. The highest BCUT2D eigenvalue weighted by Gasteiger charge is 2.30. The number of hydrogen-bond acceptors (Lipinski definition) is 7. The van der Waals surface area contributed by atoms with E-state index in [1.807, 2.05) is 4.90 Å². The Hall–Kier alpha value is -2.75. The topological polar surface area (TPSA) is 107 Å². The number of aromatic nitrogens is 4. The monoisotopic (exact) mass is 416 g/mol. The van der Waals surface area contributed by atoms with Crippen LogP contribution in [0.4, 0.5) is 0 Å². The summed E-state index contributed by atoms with van der Waals surface area (Å²) in [5.41, 5.74) is 1.02. The van der Waals surface area contributed by atoms with Crippen molar-refractivity contribution in [1.82, 2.24) is 29.7 Å². The molecule has 2 aromatic rings. The van der Waals surface area contributed by atoms with Crippen molar-refractivity contribution in [2.45, 2.75) is 52.2 Å². The van der Waals surface area contributed by atoms with Crippen LogP contribution in [0.25, 0.3) is 0 Å². The summed E-state index contributed by atoms with van der Waals surface area (Å²) in [6.45, 7) is 6.95. The SMILES string of the molecule is COCc1c(C(=O)N2CCc3nnc(C4CCN(C(C)=O)CC4)n3CC2)noc1C. The molecule has 0 aliphatic carbocycles. The minimum atomic E-state index is -0.145. The zero-order chi connectivity index (χ0) is 21.3. The van der Waals surface area contributed by atoms with Gasteiger partial charge in [0.05, 0.1) is 12.2 Å². The van der Waals surface area contributed by atoms with Crippen molar-refractivity contribution in [3.8, 4) is 0 Å². The number of carbonyl (C=O) groups is 2. The third kappa shape index (κ3) is 3.83. The van der Waals surface area contributed by atoms with Crippen molar-refractivity contribution < 1.29 is 18.8 Å². The van der Waals surface area contributed by atoms with Crippen LogP contribution >= 0.6 is 0 Å². The van der Waals surface area contributed by atoms with Crippen molar-refractivity contribution in [1.29, 1.82) is 0 Å². The van der Waals surface area contributed by atoms with Gasteiger partial charge in [-0.05, 0) is 19.8 Å². The largest absolute Gasteiger partial charge is 0.380 e. The minimum Gasteiger partial charge on any atom is -0.380 e. The lowest BCUT2D eigenvalue weighted by atomic mass is 9.96. The number of nitrogens with zero attached hydrogens (tertiary/aromatic N) is 6. The Kier molecular flexibility index (Phi) is 5.85. The molecule has 2 aromatic heterocycles. The van der Waals surface area contributed by atoms with Crippen LogP contribution in [0.3, 0.4) is 0 Å². The second-order valence-electron chi connectivity index (χ2n) is 7.95. The van der Waals surface area contributed by atoms with Gasteiger partial charge < -0.3 is 23.6 Å². The quantitative estimate of drug-likeness (QED) is 0.736. The van der Waals surface area contributed by atoms with E-state index in [1.165, 1.54) is 0 Å². The number of amides is 2. The Balaban J connectivity index is 1.46. The molecule has 1 saturated heterocycles. The van der Waals surface area contributed by atoms with E-state index in [-0.39, 0.29) is 17.7 Å². The lowest BCUT2D eigenvalue weighted by Gasteiger charge is -2.31.